The van der Waals surface area contributed by atoms with Crippen molar-refractivity contribution in [1.82, 2.24) is 4.98 Å². The van der Waals surface area contributed by atoms with Crippen molar-refractivity contribution in [3.8, 4) is 0 Å². The molecule has 0 aliphatic heterocycles. The second kappa shape index (κ2) is 5.04. The summed E-state index contributed by atoms with van der Waals surface area (Å²) in [4.78, 5) is 3.83. The molecule has 0 atom stereocenters. The van der Waals surface area contributed by atoms with Gasteiger partial charge in [0.25, 0.3) is 0 Å². The average Bonchev–Trinajstić information content (AvgIpc) is 2.20. The maximum Gasteiger partial charge on any atom is 0.417 e. The van der Waals surface area contributed by atoms with Gasteiger partial charge in [0.2, 0.25) is 0 Å². The molecule has 0 bridgehead atoms. The van der Waals surface area contributed by atoms with Crippen molar-refractivity contribution in [2.24, 2.45) is 0 Å². The van der Waals surface area contributed by atoms with Crippen molar-refractivity contribution in [2.45, 2.75) is 38.8 Å². The fourth-order valence-electron chi connectivity index (χ4n) is 1.58. The van der Waals surface area contributed by atoms with Gasteiger partial charge in [-0.1, -0.05) is 25.4 Å². The molecule has 90 valence electrons. The third kappa shape index (κ3) is 2.88. The van der Waals surface area contributed by atoms with Crippen molar-refractivity contribution in [1.29, 1.82) is 0 Å². The number of rotatable bonds is 3. The summed E-state index contributed by atoms with van der Waals surface area (Å²) in [7, 11) is 0. The molecule has 0 saturated carbocycles. The number of nitrogens with zero attached hydrogens (tertiary/aromatic N) is 1. The Morgan fingerprint density at radius 3 is 2.25 bits per heavy atom. The molecule has 0 saturated heterocycles. The lowest BCUT2D eigenvalue weighted by Gasteiger charge is -2.15. The van der Waals surface area contributed by atoms with Crippen LogP contribution in [-0.4, -0.2) is 4.98 Å². The van der Waals surface area contributed by atoms with Crippen LogP contribution in [-0.2, 0) is 6.18 Å². The Morgan fingerprint density at radius 2 is 1.88 bits per heavy atom. The highest BCUT2D eigenvalue weighted by Gasteiger charge is 2.31. The van der Waals surface area contributed by atoms with E-state index in [1.165, 1.54) is 0 Å². The lowest BCUT2D eigenvalue weighted by atomic mass is 9.98. The third-order valence-corrected chi connectivity index (χ3v) is 2.87. The summed E-state index contributed by atoms with van der Waals surface area (Å²) in [6.07, 6.45) is -1.91. The Morgan fingerprint density at radius 1 is 1.31 bits per heavy atom. The van der Waals surface area contributed by atoms with Gasteiger partial charge in [-0.05, 0) is 18.9 Å². The van der Waals surface area contributed by atoms with Crippen LogP contribution < -0.4 is 0 Å². The number of pyridine rings is 1. The Balaban J connectivity index is 3.09. The molecule has 0 N–H and O–H groups in total. The highest BCUT2D eigenvalue weighted by molar-refractivity contribution is 6.31. The molecule has 5 heteroatoms. The lowest BCUT2D eigenvalue weighted by Crippen LogP contribution is -2.08. The molecule has 0 aliphatic carbocycles. The summed E-state index contributed by atoms with van der Waals surface area (Å²) in [6, 6.07) is 0.947. The Hall–Kier alpha value is -0.770. The van der Waals surface area contributed by atoms with E-state index in [2.05, 4.69) is 4.98 Å². The number of halogens is 4. The minimum absolute atomic E-state index is 0.100. The van der Waals surface area contributed by atoms with E-state index >= 15 is 0 Å². The number of aromatic nitrogens is 1. The molecule has 1 rings (SSSR count). The monoisotopic (exact) mass is 251 g/mol. The van der Waals surface area contributed by atoms with Crippen molar-refractivity contribution in [3.05, 3.63) is 28.5 Å². The lowest BCUT2D eigenvalue weighted by molar-refractivity contribution is -0.137. The first kappa shape index (κ1) is 13.3. The van der Waals surface area contributed by atoms with Gasteiger partial charge in [-0.15, -0.1) is 0 Å². The van der Waals surface area contributed by atoms with Crippen molar-refractivity contribution >= 4 is 11.6 Å². The molecule has 16 heavy (non-hydrogen) atoms. The van der Waals surface area contributed by atoms with E-state index in [4.69, 9.17) is 11.6 Å². The van der Waals surface area contributed by atoms with Crippen LogP contribution >= 0.6 is 11.6 Å². The first-order chi connectivity index (χ1) is 7.40. The number of hydrogen-bond acceptors (Lipinski definition) is 1. The standard InChI is InChI=1S/C11H13ClF3N/c1-3-7(4-2)10-9(12)5-8(6-16-10)11(13,14)15/h5-7H,3-4H2,1-2H3. The molecular formula is C11H13ClF3N. The molecule has 0 aromatic carbocycles. The summed E-state index contributed by atoms with van der Waals surface area (Å²) < 4.78 is 37.1. The first-order valence-corrected chi connectivity index (χ1v) is 5.50. The third-order valence-electron chi connectivity index (χ3n) is 2.57. The van der Waals surface area contributed by atoms with Gasteiger partial charge in [-0.3, -0.25) is 4.98 Å². The fraction of sp³-hybridized carbons (Fsp3) is 0.545. The highest BCUT2D eigenvalue weighted by atomic mass is 35.5. The van der Waals surface area contributed by atoms with E-state index in [1.807, 2.05) is 13.8 Å². The summed E-state index contributed by atoms with van der Waals surface area (Å²) in [5.41, 5.74) is -0.244. The van der Waals surface area contributed by atoms with Crippen molar-refractivity contribution in [2.75, 3.05) is 0 Å². The SMILES string of the molecule is CCC(CC)c1ncc(C(F)(F)F)cc1Cl. The Bertz CT molecular complexity index is 359. The van der Waals surface area contributed by atoms with E-state index in [9.17, 15) is 13.2 Å². The van der Waals surface area contributed by atoms with Gasteiger partial charge in [0.15, 0.2) is 0 Å². The van der Waals surface area contributed by atoms with Gasteiger partial charge in [0, 0.05) is 12.1 Å². The molecular weight excluding hydrogens is 239 g/mol. The summed E-state index contributed by atoms with van der Waals surface area (Å²) in [5, 5.41) is 0.100. The maximum absolute atomic E-state index is 12.4. The van der Waals surface area contributed by atoms with E-state index in [0.717, 1.165) is 25.1 Å². The van der Waals surface area contributed by atoms with Crippen molar-refractivity contribution < 1.29 is 13.2 Å². The van der Waals surface area contributed by atoms with Gasteiger partial charge in [-0.2, -0.15) is 13.2 Å². The zero-order chi connectivity index (χ0) is 12.3. The van der Waals surface area contributed by atoms with E-state index in [1.54, 1.807) is 0 Å². The van der Waals surface area contributed by atoms with Crippen LogP contribution in [0.15, 0.2) is 12.3 Å². The predicted molar refractivity (Wildman–Crippen MR) is 57.6 cm³/mol. The van der Waals surface area contributed by atoms with Gasteiger partial charge in [0.05, 0.1) is 16.3 Å². The fourth-order valence-corrected chi connectivity index (χ4v) is 1.90. The van der Waals surface area contributed by atoms with Gasteiger partial charge in [-0.25, -0.2) is 0 Å². The van der Waals surface area contributed by atoms with Crippen LogP contribution in [0.5, 0.6) is 0 Å². The first-order valence-electron chi connectivity index (χ1n) is 5.12. The van der Waals surface area contributed by atoms with Gasteiger partial charge in [0.1, 0.15) is 0 Å². The molecule has 0 spiro atoms. The van der Waals surface area contributed by atoms with Crippen LogP contribution in [0, 0.1) is 0 Å². The zero-order valence-electron chi connectivity index (χ0n) is 9.11. The zero-order valence-corrected chi connectivity index (χ0v) is 9.86. The van der Waals surface area contributed by atoms with E-state index in [0.29, 0.717) is 5.69 Å². The Labute approximate surface area is 97.6 Å². The average molecular weight is 252 g/mol. The van der Waals surface area contributed by atoms with Gasteiger partial charge >= 0.3 is 6.18 Å². The second-order valence-corrected chi connectivity index (χ2v) is 4.01. The second-order valence-electron chi connectivity index (χ2n) is 3.60. The number of alkyl halides is 3. The molecule has 0 fully saturated rings. The maximum atomic E-state index is 12.4. The molecule has 0 unspecified atom stereocenters. The topological polar surface area (TPSA) is 12.9 Å². The Kier molecular flexibility index (Phi) is 4.19. The largest absolute Gasteiger partial charge is 0.417 e. The smallest absolute Gasteiger partial charge is 0.259 e. The summed E-state index contributed by atoms with van der Waals surface area (Å²) >= 11 is 5.83. The molecule has 1 nitrogen and oxygen atoms in total. The van der Waals surface area contributed by atoms with Crippen LogP contribution in [0.2, 0.25) is 5.02 Å². The van der Waals surface area contributed by atoms with E-state index in [-0.39, 0.29) is 10.9 Å². The molecule has 1 aromatic rings. The quantitative estimate of drug-likeness (QED) is 0.762. The molecule has 1 aromatic heterocycles. The van der Waals surface area contributed by atoms with Gasteiger partial charge < -0.3 is 0 Å². The van der Waals surface area contributed by atoms with Crippen LogP contribution in [0.1, 0.15) is 43.9 Å². The predicted octanol–water partition coefficient (Wildman–Crippen LogP) is 4.66. The normalized spacial score (nSPS) is 12.2. The molecule has 0 aliphatic rings. The molecule has 0 amide bonds. The molecule has 1 heterocycles. The van der Waals surface area contributed by atoms with Crippen LogP contribution in [0.3, 0.4) is 0 Å². The summed E-state index contributed by atoms with van der Waals surface area (Å²) in [5.74, 6) is 0.120. The van der Waals surface area contributed by atoms with Crippen LogP contribution in [0.4, 0.5) is 13.2 Å². The van der Waals surface area contributed by atoms with Crippen LogP contribution in [0.25, 0.3) is 0 Å². The van der Waals surface area contributed by atoms with E-state index < -0.39 is 11.7 Å². The number of hydrogen-bond donors (Lipinski definition) is 0. The van der Waals surface area contributed by atoms with Crippen molar-refractivity contribution in [3.63, 3.8) is 0 Å². The minimum Gasteiger partial charge on any atom is -0.259 e. The molecule has 0 radical (unpaired) electrons. The summed E-state index contributed by atoms with van der Waals surface area (Å²) in [6.45, 7) is 3.92. The minimum atomic E-state index is -4.39. The highest BCUT2D eigenvalue weighted by Crippen LogP contribution is 2.34.